The molecule has 0 saturated carbocycles. The van der Waals surface area contributed by atoms with Crippen LogP contribution < -0.4 is 4.90 Å². The molecule has 1 fully saturated rings. The Kier molecular flexibility index (Phi) is 4.21. The van der Waals surface area contributed by atoms with Crippen molar-refractivity contribution < 1.29 is 14.7 Å². The van der Waals surface area contributed by atoms with Crippen LogP contribution >= 0.6 is 0 Å². The Balaban J connectivity index is 2.31. The summed E-state index contributed by atoms with van der Waals surface area (Å²) in [7, 11) is 1.70. The van der Waals surface area contributed by atoms with Gasteiger partial charge in [0, 0.05) is 19.3 Å². The number of amides is 2. The predicted molar refractivity (Wildman–Crippen MR) is 81.6 cm³/mol. The van der Waals surface area contributed by atoms with E-state index in [4.69, 9.17) is 0 Å². The van der Waals surface area contributed by atoms with E-state index >= 15 is 0 Å². The van der Waals surface area contributed by atoms with Gasteiger partial charge in [-0.1, -0.05) is 25.1 Å². The van der Waals surface area contributed by atoms with Gasteiger partial charge in [-0.3, -0.25) is 4.90 Å². The van der Waals surface area contributed by atoms with Crippen LogP contribution in [0.5, 0.6) is 0 Å². The molecule has 0 aromatic heterocycles. The molecule has 1 saturated heterocycles. The van der Waals surface area contributed by atoms with Gasteiger partial charge in [0.2, 0.25) is 0 Å². The van der Waals surface area contributed by atoms with Crippen LogP contribution in [-0.4, -0.2) is 41.1 Å². The van der Waals surface area contributed by atoms with Crippen LogP contribution in [0.3, 0.4) is 0 Å². The molecule has 1 N–H and O–H groups in total. The molecule has 21 heavy (non-hydrogen) atoms. The van der Waals surface area contributed by atoms with Gasteiger partial charge in [-0.2, -0.15) is 0 Å². The molecule has 1 atom stereocenters. The van der Waals surface area contributed by atoms with Gasteiger partial charge in [0.05, 0.1) is 0 Å². The molecule has 1 unspecified atom stereocenters. The lowest BCUT2D eigenvalue weighted by Crippen LogP contribution is -2.56. The highest BCUT2D eigenvalue weighted by atomic mass is 16.4. The number of likely N-dealkylation sites (tertiary alicyclic amines) is 1. The third-order valence-electron chi connectivity index (χ3n) is 4.47. The number of carbonyl (C=O) groups excluding carboxylic acids is 1. The van der Waals surface area contributed by atoms with Crippen LogP contribution in [0, 0.1) is 6.92 Å². The van der Waals surface area contributed by atoms with E-state index in [9.17, 15) is 14.7 Å². The van der Waals surface area contributed by atoms with Gasteiger partial charge in [0.15, 0.2) is 0 Å². The molecule has 0 bridgehead atoms. The van der Waals surface area contributed by atoms with Crippen LogP contribution in [0.15, 0.2) is 24.3 Å². The lowest BCUT2D eigenvalue weighted by atomic mass is 9.93. The maximum atomic E-state index is 12.8. The number of rotatable bonds is 3. The Labute approximate surface area is 125 Å². The van der Waals surface area contributed by atoms with Crippen molar-refractivity contribution in [3.63, 3.8) is 0 Å². The van der Waals surface area contributed by atoms with Crippen molar-refractivity contribution in [1.82, 2.24) is 4.90 Å². The van der Waals surface area contributed by atoms with Gasteiger partial charge >= 0.3 is 12.0 Å². The monoisotopic (exact) mass is 290 g/mol. The molecule has 0 spiro atoms. The van der Waals surface area contributed by atoms with E-state index in [0.29, 0.717) is 19.4 Å². The normalized spacial score (nSPS) is 21.4. The smallest absolute Gasteiger partial charge is 0.329 e. The van der Waals surface area contributed by atoms with Gasteiger partial charge in [0.1, 0.15) is 5.54 Å². The summed E-state index contributed by atoms with van der Waals surface area (Å²) in [5, 5.41) is 9.58. The molecule has 5 nitrogen and oxygen atoms in total. The third-order valence-corrected chi connectivity index (χ3v) is 4.47. The summed E-state index contributed by atoms with van der Waals surface area (Å²) in [6.07, 6.45) is 1.68. The molecule has 1 aromatic rings. The average Bonchev–Trinajstić information content (AvgIpc) is 2.91. The molecule has 1 heterocycles. The molecule has 2 rings (SSSR count). The summed E-state index contributed by atoms with van der Waals surface area (Å²) < 4.78 is 0. The zero-order chi connectivity index (χ0) is 15.6. The first-order valence-electron chi connectivity index (χ1n) is 7.28. The van der Waals surface area contributed by atoms with Crippen molar-refractivity contribution in [1.29, 1.82) is 0 Å². The molecule has 2 amide bonds. The van der Waals surface area contributed by atoms with Crippen molar-refractivity contribution in [3.05, 3.63) is 29.8 Å². The standard InChI is InChI=1S/C16H22N2O3/c1-4-16(14(19)20)10-7-11-18(16)15(21)17(3)13-9-6-5-8-12(13)2/h5-6,8-9H,4,7,10-11H2,1-3H3,(H,19,20). The number of carboxylic acid groups (broad SMARTS) is 1. The zero-order valence-electron chi connectivity index (χ0n) is 12.8. The van der Waals surface area contributed by atoms with Crippen molar-refractivity contribution in [2.45, 2.75) is 38.6 Å². The number of anilines is 1. The molecule has 0 aliphatic carbocycles. The molecule has 1 aliphatic heterocycles. The van der Waals surface area contributed by atoms with E-state index in [1.807, 2.05) is 38.1 Å². The first-order chi connectivity index (χ1) is 9.94. The zero-order valence-corrected chi connectivity index (χ0v) is 12.8. The number of hydrogen-bond acceptors (Lipinski definition) is 2. The Morgan fingerprint density at radius 3 is 2.62 bits per heavy atom. The van der Waals surface area contributed by atoms with Crippen LogP contribution in [-0.2, 0) is 4.79 Å². The van der Waals surface area contributed by atoms with Crippen LogP contribution in [0.4, 0.5) is 10.5 Å². The van der Waals surface area contributed by atoms with E-state index in [-0.39, 0.29) is 6.03 Å². The number of para-hydroxylation sites is 1. The van der Waals surface area contributed by atoms with Gasteiger partial charge < -0.3 is 10.0 Å². The van der Waals surface area contributed by atoms with Gasteiger partial charge in [-0.05, 0) is 37.8 Å². The summed E-state index contributed by atoms with van der Waals surface area (Å²) in [4.78, 5) is 27.5. The van der Waals surface area contributed by atoms with Crippen LogP contribution in [0.1, 0.15) is 31.7 Å². The quantitative estimate of drug-likeness (QED) is 0.931. The van der Waals surface area contributed by atoms with Crippen LogP contribution in [0.2, 0.25) is 0 Å². The number of carboxylic acids is 1. The van der Waals surface area contributed by atoms with E-state index in [1.165, 1.54) is 4.90 Å². The van der Waals surface area contributed by atoms with Crippen molar-refractivity contribution in [2.75, 3.05) is 18.5 Å². The highest BCUT2D eigenvalue weighted by molar-refractivity contribution is 5.96. The second-order valence-electron chi connectivity index (χ2n) is 5.57. The Morgan fingerprint density at radius 1 is 1.38 bits per heavy atom. The van der Waals surface area contributed by atoms with Crippen molar-refractivity contribution in [2.24, 2.45) is 0 Å². The summed E-state index contributed by atoms with van der Waals surface area (Å²) in [5.41, 5.74) is 0.739. The number of carbonyl (C=O) groups is 2. The number of urea groups is 1. The summed E-state index contributed by atoms with van der Waals surface area (Å²) >= 11 is 0. The average molecular weight is 290 g/mol. The van der Waals surface area contributed by atoms with E-state index < -0.39 is 11.5 Å². The Bertz CT molecular complexity index is 558. The molecular weight excluding hydrogens is 268 g/mol. The lowest BCUT2D eigenvalue weighted by Gasteiger charge is -2.36. The molecule has 1 aromatic carbocycles. The summed E-state index contributed by atoms with van der Waals surface area (Å²) in [6.45, 7) is 4.26. The largest absolute Gasteiger partial charge is 0.479 e. The Morgan fingerprint density at radius 2 is 2.05 bits per heavy atom. The summed E-state index contributed by atoms with van der Waals surface area (Å²) in [6, 6.07) is 7.36. The van der Waals surface area contributed by atoms with Gasteiger partial charge in [-0.15, -0.1) is 0 Å². The molecule has 0 radical (unpaired) electrons. The number of aryl methyl sites for hydroxylation is 1. The fourth-order valence-corrected chi connectivity index (χ4v) is 3.12. The van der Waals surface area contributed by atoms with Crippen molar-refractivity contribution in [3.8, 4) is 0 Å². The van der Waals surface area contributed by atoms with Gasteiger partial charge in [0.25, 0.3) is 0 Å². The first kappa shape index (κ1) is 15.4. The topological polar surface area (TPSA) is 60.9 Å². The minimum absolute atomic E-state index is 0.244. The number of nitrogens with zero attached hydrogens (tertiary/aromatic N) is 2. The maximum Gasteiger partial charge on any atom is 0.329 e. The van der Waals surface area contributed by atoms with E-state index in [0.717, 1.165) is 17.7 Å². The Hall–Kier alpha value is -2.04. The van der Waals surface area contributed by atoms with Gasteiger partial charge in [-0.25, -0.2) is 9.59 Å². The second-order valence-corrected chi connectivity index (χ2v) is 5.57. The minimum atomic E-state index is -1.06. The first-order valence-corrected chi connectivity index (χ1v) is 7.28. The summed E-state index contributed by atoms with van der Waals surface area (Å²) in [5.74, 6) is -0.908. The number of benzene rings is 1. The van der Waals surface area contributed by atoms with Crippen LogP contribution in [0.25, 0.3) is 0 Å². The molecule has 5 heteroatoms. The number of aliphatic carboxylic acids is 1. The highest BCUT2D eigenvalue weighted by Crippen LogP contribution is 2.34. The SMILES string of the molecule is CCC1(C(=O)O)CCCN1C(=O)N(C)c1ccccc1C. The lowest BCUT2D eigenvalue weighted by molar-refractivity contribution is -0.148. The molecule has 1 aliphatic rings. The fraction of sp³-hybridized carbons (Fsp3) is 0.500. The van der Waals surface area contributed by atoms with E-state index in [2.05, 4.69) is 0 Å². The highest BCUT2D eigenvalue weighted by Gasteiger charge is 2.49. The van der Waals surface area contributed by atoms with Crippen molar-refractivity contribution >= 4 is 17.7 Å². The maximum absolute atomic E-state index is 12.8. The minimum Gasteiger partial charge on any atom is -0.479 e. The fourth-order valence-electron chi connectivity index (χ4n) is 3.12. The third kappa shape index (κ3) is 2.48. The molecule has 114 valence electrons. The molecular formula is C16H22N2O3. The van der Waals surface area contributed by atoms with E-state index in [1.54, 1.807) is 11.9 Å². The number of hydrogen-bond donors (Lipinski definition) is 1. The second kappa shape index (κ2) is 5.76. The predicted octanol–water partition coefficient (Wildman–Crippen LogP) is 2.88.